The Labute approximate surface area is 96.6 Å². The van der Waals surface area contributed by atoms with Gasteiger partial charge in [0.2, 0.25) is 0 Å². The fraction of sp³-hybridized carbons (Fsp3) is 0.0909. The van der Waals surface area contributed by atoms with Crippen LogP contribution in [0.1, 0.15) is 0 Å². The fourth-order valence-electron chi connectivity index (χ4n) is 1.08. The highest BCUT2D eigenvalue weighted by Gasteiger charge is 2.01. The van der Waals surface area contributed by atoms with Gasteiger partial charge in [0, 0.05) is 12.4 Å². The molecule has 1 rings (SSSR count). The number of halogens is 1. The van der Waals surface area contributed by atoms with E-state index in [2.05, 4.69) is 34.1 Å². The van der Waals surface area contributed by atoms with E-state index in [0.717, 1.165) is 5.57 Å². The van der Waals surface area contributed by atoms with Crippen molar-refractivity contribution in [3.8, 4) is 0 Å². The molecule has 0 aromatic carbocycles. The largest absolute Gasteiger partial charge is 0.307 e. The van der Waals surface area contributed by atoms with Gasteiger partial charge in [-0.3, -0.25) is 4.79 Å². The van der Waals surface area contributed by atoms with Crippen LogP contribution in [0.5, 0.6) is 0 Å². The molecule has 0 fully saturated rings. The number of rotatable bonds is 4. The van der Waals surface area contributed by atoms with E-state index in [-0.39, 0.29) is 5.56 Å². The minimum absolute atomic E-state index is 0.158. The quantitative estimate of drug-likeness (QED) is 0.784. The molecule has 0 amide bonds. The number of allylic oxidation sites excluding steroid dienone is 4. The maximum absolute atomic E-state index is 11.6. The van der Waals surface area contributed by atoms with Gasteiger partial charge in [-0.1, -0.05) is 31.4 Å². The number of hydrogen-bond acceptors (Lipinski definition) is 2. The molecule has 1 heterocycles. The average molecular weight is 267 g/mol. The van der Waals surface area contributed by atoms with Crippen LogP contribution in [-0.4, -0.2) is 9.55 Å². The molecule has 0 bridgehead atoms. The summed E-state index contributed by atoms with van der Waals surface area (Å²) in [7, 11) is 0. The van der Waals surface area contributed by atoms with Crippen LogP contribution in [-0.2, 0) is 6.54 Å². The van der Waals surface area contributed by atoms with Crippen molar-refractivity contribution in [3.63, 3.8) is 0 Å². The number of aromatic nitrogens is 2. The van der Waals surface area contributed by atoms with E-state index in [1.165, 1.54) is 0 Å². The number of hydrogen-bond donors (Lipinski definition) is 0. The van der Waals surface area contributed by atoms with Crippen molar-refractivity contribution in [3.05, 3.63) is 64.3 Å². The Hall–Kier alpha value is -1.42. The SMILES string of the molecule is C=C/C=C(\C=C)Cn1ccnc(Br)c1=O. The van der Waals surface area contributed by atoms with Gasteiger partial charge in [-0.2, -0.15) is 0 Å². The molecule has 0 saturated heterocycles. The summed E-state index contributed by atoms with van der Waals surface area (Å²) in [4.78, 5) is 15.4. The topological polar surface area (TPSA) is 34.9 Å². The third-order valence-electron chi connectivity index (χ3n) is 1.82. The zero-order valence-corrected chi connectivity index (χ0v) is 9.77. The van der Waals surface area contributed by atoms with Gasteiger partial charge in [-0.15, -0.1) is 0 Å². The summed E-state index contributed by atoms with van der Waals surface area (Å²) in [5.74, 6) is 0. The third kappa shape index (κ3) is 3.02. The van der Waals surface area contributed by atoms with E-state index in [4.69, 9.17) is 0 Å². The minimum atomic E-state index is -0.158. The zero-order chi connectivity index (χ0) is 11.3. The maximum atomic E-state index is 11.6. The molecular formula is C11H11BrN2O. The van der Waals surface area contributed by atoms with Gasteiger partial charge in [-0.05, 0) is 21.5 Å². The molecule has 0 aliphatic carbocycles. The predicted molar refractivity (Wildman–Crippen MR) is 64.7 cm³/mol. The van der Waals surface area contributed by atoms with Crippen molar-refractivity contribution in [2.24, 2.45) is 0 Å². The molecule has 0 aliphatic heterocycles. The van der Waals surface area contributed by atoms with Gasteiger partial charge in [0.1, 0.15) is 0 Å². The van der Waals surface area contributed by atoms with Gasteiger partial charge in [0.05, 0.1) is 6.54 Å². The Bertz CT molecular complexity index is 460. The van der Waals surface area contributed by atoms with E-state index in [9.17, 15) is 4.79 Å². The Morgan fingerprint density at radius 1 is 1.60 bits per heavy atom. The Morgan fingerprint density at radius 2 is 2.33 bits per heavy atom. The molecule has 1 aromatic rings. The first-order valence-electron chi connectivity index (χ1n) is 4.34. The molecule has 1 aromatic heterocycles. The zero-order valence-electron chi connectivity index (χ0n) is 8.19. The molecule has 4 heteroatoms. The Balaban J connectivity index is 3.04. The van der Waals surface area contributed by atoms with Crippen LogP contribution < -0.4 is 5.56 Å². The van der Waals surface area contributed by atoms with E-state index in [1.54, 1.807) is 29.1 Å². The highest BCUT2D eigenvalue weighted by atomic mass is 79.9. The lowest BCUT2D eigenvalue weighted by atomic mass is 10.2. The molecule has 0 saturated carbocycles. The van der Waals surface area contributed by atoms with Gasteiger partial charge >= 0.3 is 0 Å². The van der Waals surface area contributed by atoms with Gasteiger partial charge in [0.25, 0.3) is 5.56 Å². The first-order valence-corrected chi connectivity index (χ1v) is 5.13. The Morgan fingerprint density at radius 3 is 2.93 bits per heavy atom. The lowest BCUT2D eigenvalue weighted by Gasteiger charge is -2.05. The van der Waals surface area contributed by atoms with Crippen LogP contribution in [0.2, 0.25) is 0 Å². The normalized spacial score (nSPS) is 11.1. The third-order valence-corrected chi connectivity index (χ3v) is 2.36. The van der Waals surface area contributed by atoms with Gasteiger partial charge in [-0.25, -0.2) is 4.98 Å². The van der Waals surface area contributed by atoms with E-state index in [0.29, 0.717) is 11.1 Å². The highest BCUT2D eigenvalue weighted by molar-refractivity contribution is 9.10. The first kappa shape index (κ1) is 11.7. The summed E-state index contributed by atoms with van der Waals surface area (Å²) in [5, 5.41) is 0. The van der Waals surface area contributed by atoms with E-state index < -0.39 is 0 Å². The lowest BCUT2D eigenvalue weighted by molar-refractivity contribution is 0.740. The van der Waals surface area contributed by atoms with Crippen LogP contribution >= 0.6 is 15.9 Å². The summed E-state index contributed by atoms with van der Waals surface area (Å²) in [6, 6.07) is 0. The van der Waals surface area contributed by atoms with Crippen LogP contribution in [0.15, 0.2) is 58.8 Å². The van der Waals surface area contributed by atoms with E-state index in [1.807, 2.05) is 6.08 Å². The average Bonchev–Trinajstić information content (AvgIpc) is 2.24. The van der Waals surface area contributed by atoms with Crippen molar-refractivity contribution in [1.82, 2.24) is 9.55 Å². The van der Waals surface area contributed by atoms with Crippen molar-refractivity contribution in [2.75, 3.05) is 0 Å². The van der Waals surface area contributed by atoms with Crippen LogP contribution in [0.25, 0.3) is 0 Å². The molecule has 0 atom stereocenters. The maximum Gasteiger partial charge on any atom is 0.283 e. The van der Waals surface area contributed by atoms with Crippen molar-refractivity contribution in [1.29, 1.82) is 0 Å². The second kappa shape index (κ2) is 5.46. The monoisotopic (exact) mass is 266 g/mol. The molecular weight excluding hydrogens is 256 g/mol. The van der Waals surface area contributed by atoms with Crippen LogP contribution in [0, 0.1) is 0 Å². The molecule has 0 N–H and O–H groups in total. The van der Waals surface area contributed by atoms with Crippen molar-refractivity contribution < 1.29 is 0 Å². The van der Waals surface area contributed by atoms with Gasteiger partial charge in [0.15, 0.2) is 4.60 Å². The second-order valence-electron chi connectivity index (χ2n) is 2.83. The number of nitrogens with zero attached hydrogens (tertiary/aromatic N) is 2. The predicted octanol–water partition coefficient (Wildman–Crippen LogP) is 2.30. The highest BCUT2D eigenvalue weighted by Crippen LogP contribution is 2.01. The van der Waals surface area contributed by atoms with Crippen LogP contribution in [0.3, 0.4) is 0 Å². The lowest BCUT2D eigenvalue weighted by Crippen LogP contribution is -2.21. The second-order valence-corrected chi connectivity index (χ2v) is 3.58. The van der Waals surface area contributed by atoms with Crippen molar-refractivity contribution >= 4 is 15.9 Å². The fourth-order valence-corrected chi connectivity index (χ4v) is 1.42. The first-order chi connectivity index (χ1) is 7.19. The van der Waals surface area contributed by atoms with E-state index >= 15 is 0 Å². The molecule has 0 unspecified atom stereocenters. The summed E-state index contributed by atoms with van der Waals surface area (Å²) >= 11 is 3.09. The van der Waals surface area contributed by atoms with Crippen LogP contribution in [0.4, 0.5) is 0 Å². The summed E-state index contributed by atoms with van der Waals surface area (Å²) in [6.07, 6.45) is 8.38. The molecule has 0 spiro atoms. The van der Waals surface area contributed by atoms with Crippen molar-refractivity contribution in [2.45, 2.75) is 6.54 Å². The summed E-state index contributed by atoms with van der Waals surface area (Å²) in [6.45, 7) is 7.73. The summed E-state index contributed by atoms with van der Waals surface area (Å²) < 4.78 is 1.86. The minimum Gasteiger partial charge on any atom is -0.307 e. The van der Waals surface area contributed by atoms with Gasteiger partial charge < -0.3 is 4.57 Å². The Kier molecular flexibility index (Phi) is 4.24. The summed E-state index contributed by atoms with van der Waals surface area (Å²) in [5.41, 5.74) is 0.763. The molecule has 78 valence electrons. The standard InChI is InChI=1S/C11H11BrN2O/c1-3-5-9(4-2)8-14-7-6-13-10(12)11(14)15/h3-7H,1-2,8H2/b9-5+. The molecule has 0 radical (unpaired) electrons. The molecule has 15 heavy (non-hydrogen) atoms. The molecule has 3 nitrogen and oxygen atoms in total. The molecule has 0 aliphatic rings. The smallest absolute Gasteiger partial charge is 0.283 e.